The van der Waals surface area contributed by atoms with Gasteiger partial charge in [-0.2, -0.15) is 0 Å². The van der Waals surface area contributed by atoms with Gasteiger partial charge in [0.15, 0.2) is 11.6 Å². The fraction of sp³-hybridized carbons (Fsp3) is 0.304. The zero-order valence-electron chi connectivity index (χ0n) is 16.8. The van der Waals surface area contributed by atoms with Crippen molar-refractivity contribution < 1.29 is 23.1 Å². The molecular formula is C23H22F2N2O3. The molecule has 0 spiro atoms. The number of halogens is 2. The second-order valence-corrected chi connectivity index (χ2v) is 7.67. The van der Waals surface area contributed by atoms with E-state index >= 15 is 0 Å². The number of piperidine rings is 1. The highest BCUT2D eigenvalue weighted by atomic mass is 19.2. The number of hydrogen-bond acceptors (Lipinski definition) is 4. The summed E-state index contributed by atoms with van der Waals surface area (Å²) >= 11 is 0. The molecule has 0 radical (unpaired) electrons. The van der Waals surface area contributed by atoms with E-state index in [0.717, 1.165) is 29.9 Å². The number of ether oxygens (including phenoxy) is 1. The molecule has 0 aliphatic carbocycles. The van der Waals surface area contributed by atoms with Crippen LogP contribution in [-0.2, 0) is 9.59 Å². The molecule has 0 N–H and O–H groups in total. The van der Waals surface area contributed by atoms with Crippen LogP contribution < -0.4 is 9.64 Å². The first-order chi connectivity index (χ1) is 14.4. The van der Waals surface area contributed by atoms with Crippen molar-refractivity contribution in [2.45, 2.75) is 19.8 Å². The van der Waals surface area contributed by atoms with Gasteiger partial charge >= 0.3 is 0 Å². The largest absolute Gasteiger partial charge is 0.497 e. The standard InChI is InChI=1S/C23H22F2N2O3/c1-14-9-11-26(12-10-14)21-20(15-3-6-17(30-2)7-4-15)22(28)27(23(21)29)16-5-8-18(24)19(25)13-16/h3-8,13-14H,9-12H2,1-2H3. The molecule has 0 aromatic heterocycles. The van der Waals surface area contributed by atoms with Gasteiger partial charge in [-0.25, -0.2) is 13.7 Å². The van der Waals surface area contributed by atoms with Crippen LogP contribution in [0.1, 0.15) is 25.3 Å². The minimum Gasteiger partial charge on any atom is -0.497 e. The van der Waals surface area contributed by atoms with E-state index in [1.807, 2.05) is 4.90 Å². The van der Waals surface area contributed by atoms with Crippen molar-refractivity contribution in [1.29, 1.82) is 0 Å². The highest BCUT2D eigenvalue weighted by Crippen LogP contribution is 2.37. The molecule has 2 aromatic rings. The molecule has 7 heteroatoms. The van der Waals surface area contributed by atoms with Crippen molar-refractivity contribution in [3.05, 3.63) is 65.4 Å². The predicted octanol–water partition coefficient (Wildman–Crippen LogP) is 3.99. The highest BCUT2D eigenvalue weighted by molar-refractivity contribution is 6.45. The van der Waals surface area contributed by atoms with Crippen LogP contribution in [0.2, 0.25) is 0 Å². The lowest BCUT2D eigenvalue weighted by Gasteiger charge is -2.32. The summed E-state index contributed by atoms with van der Waals surface area (Å²) in [5.74, 6) is -2.05. The molecule has 2 aliphatic rings. The highest BCUT2D eigenvalue weighted by Gasteiger charge is 2.43. The first kappa shape index (κ1) is 20.1. The Hall–Kier alpha value is -3.22. The third-order valence-electron chi connectivity index (χ3n) is 5.70. The normalized spacial score (nSPS) is 17.9. The molecule has 0 saturated carbocycles. The molecule has 1 saturated heterocycles. The van der Waals surface area contributed by atoms with E-state index in [-0.39, 0.29) is 11.3 Å². The van der Waals surface area contributed by atoms with E-state index in [2.05, 4.69) is 6.92 Å². The minimum atomic E-state index is -1.11. The zero-order chi connectivity index (χ0) is 21.4. The van der Waals surface area contributed by atoms with Gasteiger partial charge in [-0.05, 0) is 48.6 Å². The summed E-state index contributed by atoms with van der Waals surface area (Å²) in [4.78, 5) is 29.6. The number of carbonyl (C=O) groups excluding carboxylic acids is 2. The molecule has 0 bridgehead atoms. The number of carbonyl (C=O) groups is 2. The number of methoxy groups -OCH3 is 1. The summed E-state index contributed by atoms with van der Waals surface area (Å²) in [6, 6.07) is 9.91. The number of rotatable bonds is 4. The lowest BCUT2D eigenvalue weighted by atomic mass is 9.97. The fourth-order valence-electron chi connectivity index (χ4n) is 3.92. The van der Waals surface area contributed by atoms with Crippen molar-refractivity contribution in [3.63, 3.8) is 0 Å². The predicted molar refractivity (Wildman–Crippen MR) is 109 cm³/mol. The Morgan fingerprint density at radius 1 is 0.933 bits per heavy atom. The number of hydrogen-bond donors (Lipinski definition) is 0. The van der Waals surface area contributed by atoms with Crippen LogP contribution in [0.4, 0.5) is 14.5 Å². The van der Waals surface area contributed by atoms with Gasteiger partial charge in [0.1, 0.15) is 11.4 Å². The molecule has 0 atom stereocenters. The lowest BCUT2D eigenvalue weighted by Crippen LogP contribution is -2.38. The van der Waals surface area contributed by atoms with E-state index in [1.54, 1.807) is 31.4 Å². The number of nitrogens with zero attached hydrogens (tertiary/aromatic N) is 2. The van der Waals surface area contributed by atoms with E-state index in [0.29, 0.717) is 36.0 Å². The molecule has 2 aromatic carbocycles. The molecule has 2 heterocycles. The van der Waals surface area contributed by atoms with E-state index in [4.69, 9.17) is 4.74 Å². The topological polar surface area (TPSA) is 49.9 Å². The number of anilines is 1. The molecule has 2 amide bonds. The summed E-state index contributed by atoms with van der Waals surface area (Å²) in [5.41, 5.74) is 1.16. The van der Waals surface area contributed by atoms with Crippen LogP contribution in [0.15, 0.2) is 48.2 Å². The maximum absolute atomic E-state index is 13.8. The molecule has 2 aliphatic heterocycles. The molecular weight excluding hydrogens is 390 g/mol. The summed E-state index contributed by atoms with van der Waals surface area (Å²) in [6.07, 6.45) is 1.82. The summed E-state index contributed by atoms with van der Waals surface area (Å²) in [5, 5.41) is 0. The smallest absolute Gasteiger partial charge is 0.282 e. The van der Waals surface area contributed by atoms with E-state index in [9.17, 15) is 18.4 Å². The Labute approximate surface area is 173 Å². The fourth-order valence-corrected chi connectivity index (χ4v) is 3.92. The Morgan fingerprint density at radius 3 is 2.20 bits per heavy atom. The Balaban J connectivity index is 1.80. The third-order valence-corrected chi connectivity index (χ3v) is 5.70. The summed E-state index contributed by atoms with van der Waals surface area (Å²) in [7, 11) is 1.55. The van der Waals surface area contributed by atoms with Gasteiger partial charge in [-0.15, -0.1) is 0 Å². The maximum Gasteiger partial charge on any atom is 0.282 e. The van der Waals surface area contributed by atoms with Crippen LogP contribution in [0, 0.1) is 17.6 Å². The Bertz CT molecular complexity index is 1030. The monoisotopic (exact) mass is 412 g/mol. The number of benzene rings is 2. The number of amides is 2. The van der Waals surface area contributed by atoms with Crippen molar-refractivity contribution in [2.75, 3.05) is 25.1 Å². The summed E-state index contributed by atoms with van der Waals surface area (Å²) < 4.78 is 32.4. The van der Waals surface area contributed by atoms with Crippen molar-refractivity contribution >= 4 is 23.1 Å². The van der Waals surface area contributed by atoms with E-state index < -0.39 is 23.4 Å². The number of likely N-dealkylation sites (tertiary alicyclic amines) is 1. The van der Waals surface area contributed by atoms with Crippen LogP contribution >= 0.6 is 0 Å². The van der Waals surface area contributed by atoms with Gasteiger partial charge in [0.05, 0.1) is 18.4 Å². The molecule has 156 valence electrons. The van der Waals surface area contributed by atoms with Crippen LogP contribution in [0.5, 0.6) is 5.75 Å². The molecule has 5 nitrogen and oxygen atoms in total. The number of imide groups is 1. The van der Waals surface area contributed by atoms with Gasteiger partial charge in [0, 0.05) is 19.2 Å². The Morgan fingerprint density at radius 2 is 1.60 bits per heavy atom. The van der Waals surface area contributed by atoms with Gasteiger partial charge in [0.25, 0.3) is 11.8 Å². The lowest BCUT2D eigenvalue weighted by molar-refractivity contribution is -0.120. The average molecular weight is 412 g/mol. The minimum absolute atomic E-state index is 0.00953. The van der Waals surface area contributed by atoms with E-state index in [1.165, 1.54) is 6.07 Å². The summed E-state index contributed by atoms with van der Waals surface area (Å²) in [6.45, 7) is 3.47. The van der Waals surface area contributed by atoms with Gasteiger partial charge in [0.2, 0.25) is 0 Å². The molecule has 30 heavy (non-hydrogen) atoms. The first-order valence-electron chi connectivity index (χ1n) is 9.88. The maximum atomic E-state index is 13.8. The van der Waals surface area contributed by atoms with Crippen LogP contribution in [-0.4, -0.2) is 36.9 Å². The van der Waals surface area contributed by atoms with Gasteiger partial charge in [-0.1, -0.05) is 19.1 Å². The van der Waals surface area contributed by atoms with Crippen molar-refractivity contribution in [3.8, 4) is 5.75 Å². The quantitative estimate of drug-likeness (QED) is 0.713. The average Bonchev–Trinajstić information content (AvgIpc) is 3.01. The second kappa shape index (κ2) is 7.89. The van der Waals surface area contributed by atoms with Crippen molar-refractivity contribution in [2.24, 2.45) is 5.92 Å². The zero-order valence-corrected chi connectivity index (χ0v) is 16.8. The third kappa shape index (κ3) is 3.44. The van der Waals surface area contributed by atoms with Crippen LogP contribution in [0.25, 0.3) is 5.57 Å². The van der Waals surface area contributed by atoms with Gasteiger partial charge < -0.3 is 9.64 Å². The molecule has 4 rings (SSSR count). The molecule has 0 unspecified atom stereocenters. The van der Waals surface area contributed by atoms with Crippen LogP contribution in [0.3, 0.4) is 0 Å². The first-order valence-corrected chi connectivity index (χ1v) is 9.88. The molecule has 1 fully saturated rings. The van der Waals surface area contributed by atoms with Crippen molar-refractivity contribution in [1.82, 2.24) is 4.90 Å². The second-order valence-electron chi connectivity index (χ2n) is 7.67. The Kier molecular flexibility index (Phi) is 5.28. The SMILES string of the molecule is COc1ccc(C2=C(N3CCC(C)CC3)C(=O)N(c3ccc(F)c(F)c3)C2=O)cc1. The van der Waals surface area contributed by atoms with Gasteiger partial charge in [-0.3, -0.25) is 9.59 Å².